The van der Waals surface area contributed by atoms with Crippen molar-refractivity contribution in [2.24, 2.45) is 0 Å². The molecule has 1 aromatic heterocycles. The van der Waals surface area contributed by atoms with Crippen LogP contribution in [-0.2, 0) is 19.5 Å². The molecule has 0 radical (unpaired) electrons. The average Bonchev–Trinajstić information content (AvgIpc) is 3.06. The number of H-pyrrole nitrogens is 1. The number of ether oxygens (including phenoxy) is 2. The lowest BCUT2D eigenvalue weighted by Gasteiger charge is -2.10. The monoisotopic (exact) mass is 288 g/mol. The normalized spacial score (nSPS) is 19.5. The lowest BCUT2D eigenvalue weighted by molar-refractivity contribution is 0.0594. The molecule has 0 spiro atoms. The van der Waals surface area contributed by atoms with Crippen LogP contribution in [0, 0.1) is 0 Å². The van der Waals surface area contributed by atoms with Crippen molar-refractivity contribution < 1.29 is 22.7 Å². The molecule has 106 valence electrons. The van der Waals surface area contributed by atoms with Crippen LogP contribution in [0.1, 0.15) is 23.3 Å². The predicted molar refractivity (Wildman–Crippen MR) is 66.3 cm³/mol. The van der Waals surface area contributed by atoms with Crippen molar-refractivity contribution in [3.05, 3.63) is 18.0 Å². The van der Waals surface area contributed by atoms with Crippen molar-refractivity contribution in [3.63, 3.8) is 0 Å². The van der Waals surface area contributed by atoms with Crippen LogP contribution in [-0.4, -0.2) is 45.7 Å². The molecule has 2 N–H and O–H groups in total. The first-order valence-corrected chi connectivity index (χ1v) is 7.39. The molecule has 1 aromatic rings. The Balaban J connectivity index is 2.02. The summed E-state index contributed by atoms with van der Waals surface area (Å²) >= 11 is 0. The summed E-state index contributed by atoms with van der Waals surface area (Å²) in [6.07, 6.45) is 2.98. The molecule has 8 heteroatoms. The summed E-state index contributed by atoms with van der Waals surface area (Å²) in [6.45, 7) is 0.907. The maximum absolute atomic E-state index is 12.0. The Bertz CT molecular complexity index is 545. The van der Waals surface area contributed by atoms with E-state index in [4.69, 9.17) is 4.74 Å². The molecule has 0 aromatic carbocycles. The number of hydrogen-bond donors (Lipinski definition) is 2. The predicted octanol–water partition coefficient (Wildman–Crippen LogP) is 0.259. The van der Waals surface area contributed by atoms with Gasteiger partial charge in [0.25, 0.3) is 0 Å². The minimum atomic E-state index is -3.64. The van der Waals surface area contributed by atoms with Crippen LogP contribution in [0.15, 0.2) is 17.2 Å². The Morgan fingerprint density at radius 2 is 2.42 bits per heavy atom. The molecule has 1 aliphatic heterocycles. The number of sulfonamides is 1. The number of aromatic amines is 1. The third-order valence-corrected chi connectivity index (χ3v) is 4.30. The van der Waals surface area contributed by atoms with Gasteiger partial charge < -0.3 is 14.5 Å². The first-order chi connectivity index (χ1) is 9.03. The van der Waals surface area contributed by atoms with Crippen LogP contribution < -0.4 is 4.72 Å². The van der Waals surface area contributed by atoms with Crippen LogP contribution in [0.25, 0.3) is 0 Å². The summed E-state index contributed by atoms with van der Waals surface area (Å²) in [4.78, 5) is 13.8. The summed E-state index contributed by atoms with van der Waals surface area (Å²) < 4.78 is 36.2. The van der Waals surface area contributed by atoms with Gasteiger partial charge >= 0.3 is 5.97 Å². The van der Waals surface area contributed by atoms with E-state index < -0.39 is 16.0 Å². The summed E-state index contributed by atoms with van der Waals surface area (Å²) in [5, 5.41) is 0. The van der Waals surface area contributed by atoms with Crippen LogP contribution in [0.5, 0.6) is 0 Å². The molecule has 0 bridgehead atoms. The Hall–Kier alpha value is -1.38. The molecule has 0 saturated carbocycles. The molecule has 7 nitrogen and oxygen atoms in total. The molecule has 1 saturated heterocycles. The Kier molecular flexibility index (Phi) is 4.23. The van der Waals surface area contributed by atoms with E-state index in [0.29, 0.717) is 6.61 Å². The first kappa shape index (κ1) is 14.0. The second kappa shape index (κ2) is 5.72. The lowest BCUT2D eigenvalue weighted by Crippen LogP contribution is -2.31. The van der Waals surface area contributed by atoms with Crippen LogP contribution in [0.4, 0.5) is 0 Å². The maximum atomic E-state index is 12.0. The zero-order chi connectivity index (χ0) is 13.9. The molecule has 19 heavy (non-hydrogen) atoms. The number of nitrogens with one attached hydrogen (secondary N) is 2. The van der Waals surface area contributed by atoms with Crippen molar-refractivity contribution >= 4 is 16.0 Å². The highest BCUT2D eigenvalue weighted by molar-refractivity contribution is 7.89. The average molecular weight is 288 g/mol. The summed E-state index contributed by atoms with van der Waals surface area (Å²) in [6, 6.07) is 1.24. The third kappa shape index (κ3) is 3.34. The van der Waals surface area contributed by atoms with Gasteiger partial charge in [0.1, 0.15) is 10.6 Å². The number of carbonyl (C=O) groups excluding carboxylic acids is 1. The minimum Gasteiger partial charge on any atom is -0.464 e. The molecule has 1 fully saturated rings. The second-order valence-corrected chi connectivity index (χ2v) is 5.99. The number of hydrogen-bond acceptors (Lipinski definition) is 5. The number of carbonyl (C=O) groups is 1. The number of rotatable bonds is 5. The van der Waals surface area contributed by atoms with E-state index in [1.54, 1.807) is 0 Å². The number of esters is 1. The quantitative estimate of drug-likeness (QED) is 0.757. The molecule has 0 aliphatic carbocycles. The largest absolute Gasteiger partial charge is 0.464 e. The van der Waals surface area contributed by atoms with E-state index in [9.17, 15) is 13.2 Å². The van der Waals surface area contributed by atoms with Crippen molar-refractivity contribution in [2.75, 3.05) is 20.3 Å². The fourth-order valence-electron chi connectivity index (χ4n) is 1.85. The van der Waals surface area contributed by atoms with Crippen LogP contribution in [0.3, 0.4) is 0 Å². The van der Waals surface area contributed by atoms with Crippen molar-refractivity contribution in [1.82, 2.24) is 9.71 Å². The molecule has 1 atom stereocenters. The van der Waals surface area contributed by atoms with Gasteiger partial charge in [-0.25, -0.2) is 17.9 Å². The zero-order valence-electron chi connectivity index (χ0n) is 10.5. The van der Waals surface area contributed by atoms with Gasteiger partial charge in [-0.05, 0) is 18.9 Å². The summed E-state index contributed by atoms with van der Waals surface area (Å²) in [7, 11) is -2.41. The van der Waals surface area contributed by atoms with E-state index in [-0.39, 0.29) is 23.2 Å². The van der Waals surface area contributed by atoms with Crippen LogP contribution >= 0.6 is 0 Å². The summed E-state index contributed by atoms with van der Waals surface area (Å²) in [5.41, 5.74) is 0.0972. The highest BCUT2D eigenvalue weighted by Crippen LogP contribution is 2.14. The number of aromatic nitrogens is 1. The minimum absolute atomic E-state index is 0.00546. The van der Waals surface area contributed by atoms with Crippen LogP contribution in [0.2, 0.25) is 0 Å². The molecular formula is C11H16N2O5S. The zero-order valence-corrected chi connectivity index (χ0v) is 11.3. The molecule has 2 heterocycles. The van der Waals surface area contributed by atoms with Crippen molar-refractivity contribution in [1.29, 1.82) is 0 Å². The van der Waals surface area contributed by atoms with E-state index in [1.165, 1.54) is 19.4 Å². The standard InChI is InChI=1S/C11H16N2O5S/c1-17-11(14)10-5-9(7-12-10)19(15,16)13-6-8-3-2-4-18-8/h5,7-8,12-13H,2-4,6H2,1H3. The van der Waals surface area contributed by atoms with Crippen molar-refractivity contribution in [2.45, 2.75) is 23.8 Å². The van der Waals surface area contributed by atoms with E-state index >= 15 is 0 Å². The molecule has 1 unspecified atom stereocenters. The molecular weight excluding hydrogens is 272 g/mol. The Morgan fingerprint density at radius 1 is 1.63 bits per heavy atom. The van der Waals surface area contributed by atoms with Gasteiger partial charge in [0.15, 0.2) is 0 Å². The van der Waals surface area contributed by atoms with Gasteiger partial charge in [0.2, 0.25) is 10.0 Å². The van der Waals surface area contributed by atoms with E-state index in [2.05, 4.69) is 14.4 Å². The maximum Gasteiger partial charge on any atom is 0.354 e. The fourth-order valence-corrected chi connectivity index (χ4v) is 2.91. The number of methoxy groups -OCH3 is 1. The van der Waals surface area contributed by atoms with Gasteiger partial charge in [0, 0.05) is 19.3 Å². The topological polar surface area (TPSA) is 97.5 Å². The first-order valence-electron chi connectivity index (χ1n) is 5.91. The van der Waals surface area contributed by atoms with Gasteiger partial charge in [-0.1, -0.05) is 0 Å². The Morgan fingerprint density at radius 3 is 3.05 bits per heavy atom. The van der Waals surface area contributed by atoms with Gasteiger partial charge in [-0.3, -0.25) is 0 Å². The van der Waals surface area contributed by atoms with E-state index in [1.807, 2.05) is 0 Å². The van der Waals surface area contributed by atoms with Crippen molar-refractivity contribution in [3.8, 4) is 0 Å². The smallest absolute Gasteiger partial charge is 0.354 e. The van der Waals surface area contributed by atoms with Gasteiger partial charge in [0.05, 0.1) is 13.2 Å². The van der Waals surface area contributed by atoms with E-state index in [0.717, 1.165) is 12.8 Å². The summed E-state index contributed by atoms with van der Waals surface area (Å²) in [5.74, 6) is -0.611. The Labute approximate surface area is 111 Å². The third-order valence-electron chi connectivity index (χ3n) is 2.90. The fraction of sp³-hybridized carbons (Fsp3) is 0.545. The molecule has 2 rings (SSSR count). The molecule has 1 aliphatic rings. The lowest BCUT2D eigenvalue weighted by atomic mass is 10.2. The second-order valence-electron chi connectivity index (χ2n) is 4.23. The SMILES string of the molecule is COC(=O)c1cc(S(=O)(=O)NCC2CCCO2)c[nH]1. The molecule has 0 amide bonds. The highest BCUT2D eigenvalue weighted by atomic mass is 32.2. The van der Waals surface area contributed by atoms with Gasteiger partial charge in [-0.2, -0.15) is 0 Å². The van der Waals surface area contributed by atoms with Gasteiger partial charge in [-0.15, -0.1) is 0 Å². The highest BCUT2D eigenvalue weighted by Gasteiger charge is 2.22.